The molecule has 0 fully saturated rings. The lowest BCUT2D eigenvalue weighted by molar-refractivity contribution is -0.115. The lowest BCUT2D eigenvalue weighted by atomic mass is 10.3. The van der Waals surface area contributed by atoms with Gasteiger partial charge in [-0.05, 0) is 18.4 Å². The summed E-state index contributed by atoms with van der Waals surface area (Å²) < 4.78 is 1.80. The third kappa shape index (κ3) is 3.33. The lowest BCUT2D eigenvalue weighted by Gasteiger charge is -2.05. The largest absolute Gasteiger partial charge is 0.325 e. The number of anilines is 1. The number of nitrogens with zero attached hydrogens (tertiary/aromatic N) is 3. The van der Waals surface area contributed by atoms with Gasteiger partial charge in [0.05, 0.1) is 11.9 Å². The molecule has 1 amide bonds. The molecule has 0 aliphatic carbocycles. The number of imidazole rings is 1. The predicted molar refractivity (Wildman–Crippen MR) is 73.0 cm³/mol. The molecule has 2 rings (SSSR count). The molecule has 2 aromatic rings. The van der Waals surface area contributed by atoms with Crippen LogP contribution in [0.15, 0.2) is 37.1 Å². The van der Waals surface area contributed by atoms with E-state index < -0.39 is 0 Å². The number of carbonyl (C=O) groups excluding carboxylic acids is 1. The van der Waals surface area contributed by atoms with Crippen LogP contribution >= 0.6 is 11.8 Å². The molecule has 0 aromatic carbocycles. The minimum Gasteiger partial charge on any atom is -0.325 e. The summed E-state index contributed by atoms with van der Waals surface area (Å²) in [5.74, 6) is 1.61. The molecule has 0 atom stereocenters. The highest BCUT2D eigenvalue weighted by molar-refractivity contribution is 7.98. The quantitative estimate of drug-likeness (QED) is 0.894. The maximum atomic E-state index is 11.5. The standard InChI is InChI=1S/C12H14N4OS/c1-18-7-4-12(17)15-10-2-3-11(14-8-10)16-6-5-13-9-16/h2-3,5-6,8-9H,4,7H2,1H3,(H,15,17). The fourth-order valence-electron chi connectivity index (χ4n) is 1.43. The second kappa shape index (κ2) is 6.20. The molecule has 0 unspecified atom stereocenters. The molecule has 0 aliphatic heterocycles. The zero-order valence-electron chi connectivity index (χ0n) is 10.0. The van der Waals surface area contributed by atoms with Gasteiger partial charge in [-0.2, -0.15) is 11.8 Å². The SMILES string of the molecule is CSCCC(=O)Nc1ccc(-n2ccnc2)nc1. The Morgan fingerprint density at radius 1 is 1.50 bits per heavy atom. The van der Waals surface area contributed by atoms with Crippen LogP contribution < -0.4 is 5.32 Å². The van der Waals surface area contributed by atoms with Crippen molar-refractivity contribution in [2.75, 3.05) is 17.3 Å². The number of amides is 1. The van der Waals surface area contributed by atoms with E-state index in [2.05, 4.69) is 15.3 Å². The minimum atomic E-state index is 0.0153. The first-order valence-corrected chi connectivity index (χ1v) is 6.92. The Kier molecular flexibility index (Phi) is 4.35. The van der Waals surface area contributed by atoms with Crippen molar-refractivity contribution in [2.24, 2.45) is 0 Å². The molecule has 0 radical (unpaired) electrons. The van der Waals surface area contributed by atoms with Gasteiger partial charge < -0.3 is 5.32 Å². The molecule has 2 aromatic heterocycles. The van der Waals surface area contributed by atoms with E-state index in [1.54, 1.807) is 35.0 Å². The fraction of sp³-hybridized carbons (Fsp3) is 0.250. The van der Waals surface area contributed by atoms with Crippen molar-refractivity contribution < 1.29 is 4.79 Å². The second-order valence-electron chi connectivity index (χ2n) is 3.67. The van der Waals surface area contributed by atoms with Crippen LogP contribution in [0.4, 0.5) is 5.69 Å². The number of hydrogen-bond donors (Lipinski definition) is 1. The van der Waals surface area contributed by atoms with E-state index in [9.17, 15) is 4.79 Å². The Morgan fingerprint density at radius 2 is 2.39 bits per heavy atom. The van der Waals surface area contributed by atoms with Crippen LogP contribution in [0.1, 0.15) is 6.42 Å². The number of pyridine rings is 1. The average Bonchev–Trinajstić information content (AvgIpc) is 2.91. The zero-order chi connectivity index (χ0) is 12.8. The molecule has 94 valence electrons. The van der Waals surface area contributed by atoms with E-state index >= 15 is 0 Å². The fourth-order valence-corrected chi connectivity index (χ4v) is 1.82. The van der Waals surface area contributed by atoms with E-state index in [4.69, 9.17) is 0 Å². The highest BCUT2D eigenvalue weighted by Crippen LogP contribution is 2.10. The lowest BCUT2D eigenvalue weighted by Crippen LogP contribution is -2.12. The van der Waals surface area contributed by atoms with Gasteiger partial charge in [0.1, 0.15) is 12.1 Å². The van der Waals surface area contributed by atoms with E-state index in [0.29, 0.717) is 12.1 Å². The molecule has 2 heterocycles. The molecule has 5 nitrogen and oxygen atoms in total. The molecule has 18 heavy (non-hydrogen) atoms. The maximum absolute atomic E-state index is 11.5. The first-order valence-electron chi connectivity index (χ1n) is 5.53. The summed E-state index contributed by atoms with van der Waals surface area (Å²) in [5, 5.41) is 2.81. The summed E-state index contributed by atoms with van der Waals surface area (Å²) in [7, 11) is 0. The van der Waals surface area contributed by atoms with Crippen LogP contribution in [0.5, 0.6) is 0 Å². The second-order valence-corrected chi connectivity index (χ2v) is 4.65. The molecule has 6 heteroatoms. The van der Waals surface area contributed by atoms with Crippen LogP contribution in [0.3, 0.4) is 0 Å². The number of carbonyl (C=O) groups is 1. The number of thioether (sulfide) groups is 1. The van der Waals surface area contributed by atoms with E-state index in [-0.39, 0.29) is 5.91 Å². The highest BCUT2D eigenvalue weighted by atomic mass is 32.2. The number of rotatable bonds is 5. The van der Waals surface area contributed by atoms with E-state index in [1.165, 1.54) is 0 Å². The Balaban J connectivity index is 1.98. The summed E-state index contributed by atoms with van der Waals surface area (Å²) in [6.45, 7) is 0. The van der Waals surface area contributed by atoms with Gasteiger partial charge in [-0.3, -0.25) is 9.36 Å². The first-order chi connectivity index (χ1) is 8.79. The summed E-state index contributed by atoms with van der Waals surface area (Å²) in [6.07, 6.45) is 9.34. The third-order valence-electron chi connectivity index (χ3n) is 2.33. The van der Waals surface area contributed by atoms with Gasteiger partial charge in [0.2, 0.25) is 5.91 Å². The molecule has 0 saturated carbocycles. The molecule has 0 spiro atoms. The van der Waals surface area contributed by atoms with Gasteiger partial charge in [0.25, 0.3) is 0 Å². The summed E-state index contributed by atoms with van der Waals surface area (Å²) in [5.41, 5.74) is 0.713. The van der Waals surface area contributed by atoms with Crippen molar-refractivity contribution in [2.45, 2.75) is 6.42 Å². The van der Waals surface area contributed by atoms with Crippen LogP contribution in [0.2, 0.25) is 0 Å². The van der Waals surface area contributed by atoms with Crippen molar-refractivity contribution in [1.29, 1.82) is 0 Å². The Morgan fingerprint density at radius 3 is 3.00 bits per heavy atom. The molecular weight excluding hydrogens is 248 g/mol. The topological polar surface area (TPSA) is 59.8 Å². The summed E-state index contributed by atoms with van der Waals surface area (Å²) >= 11 is 1.65. The van der Waals surface area contributed by atoms with Gasteiger partial charge in [0, 0.05) is 24.6 Å². The average molecular weight is 262 g/mol. The van der Waals surface area contributed by atoms with Crippen LogP contribution in [-0.2, 0) is 4.79 Å². The Bertz CT molecular complexity index is 495. The zero-order valence-corrected chi connectivity index (χ0v) is 10.9. The van der Waals surface area contributed by atoms with Gasteiger partial charge in [-0.1, -0.05) is 0 Å². The van der Waals surface area contributed by atoms with Gasteiger partial charge >= 0.3 is 0 Å². The van der Waals surface area contributed by atoms with Gasteiger partial charge in [-0.15, -0.1) is 0 Å². The Labute approximate surface area is 110 Å². The normalized spacial score (nSPS) is 10.3. The molecule has 0 bridgehead atoms. The number of aromatic nitrogens is 3. The van der Waals surface area contributed by atoms with Crippen LogP contribution in [0, 0.1) is 0 Å². The smallest absolute Gasteiger partial charge is 0.225 e. The predicted octanol–water partition coefficient (Wildman–Crippen LogP) is 1.96. The van der Waals surface area contributed by atoms with Gasteiger partial charge in [-0.25, -0.2) is 9.97 Å². The molecule has 0 aliphatic rings. The minimum absolute atomic E-state index is 0.0153. The van der Waals surface area contributed by atoms with Crippen molar-refractivity contribution in [1.82, 2.24) is 14.5 Å². The van der Waals surface area contributed by atoms with Crippen LogP contribution in [0.25, 0.3) is 5.82 Å². The van der Waals surface area contributed by atoms with E-state index in [0.717, 1.165) is 11.6 Å². The maximum Gasteiger partial charge on any atom is 0.225 e. The number of nitrogens with one attached hydrogen (secondary N) is 1. The van der Waals surface area contributed by atoms with E-state index in [1.807, 2.05) is 24.6 Å². The summed E-state index contributed by atoms with van der Waals surface area (Å²) in [4.78, 5) is 19.7. The van der Waals surface area contributed by atoms with Gasteiger partial charge in [0.15, 0.2) is 0 Å². The molecule has 0 saturated heterocycles. The van der Waals surface area contributed by atoms with Crippen molar-refractivity contribution in [3.8, 4) is 5.82 Å². The van der Waals surface area contributed by atoms with Crippen molar-refractivity contribution in [3.63, 3.8) is 0 Å². The molecular formula is C12H14N4OS. The molecule has 1 N–H and O–H groups in total. The first kappa shape index (κ1) is 12.6. The van der Waals surface area contributed by atoms with Crippen molar-refractivity contribution in [3.05, 3.63) is 37.1 Å². The third-order valence-corrected chi connectivity index (χ3v) is 2.95. The van der Waals surface area contributed by atoms with Crippen LogP contribution in [-0.4, -0.2) is 32.5 Å². The van der Waals surface area contributed by atoms with Crippen molar-refractivity contribution >= 4 is 23.4 Å². The Hall–Kier alpha value is -1.82. The highest BCUT2D eigenvalue weighted by Gasteiger charge is 2.02. The summed E-state index contributed by atoms with van der Waals surface area (Å²) in [6, 6.07) is 3.67. The monoisotopic (exact) mass is 262 g/mol. The number of hydrogen-bond acceptors (Lipinski definition) is 4.